The molecule has 0 spiro atoms. The second-order valence-electron chi connectivity index (χ2n) is 7.69. The average Bonchev–Trinajstić information content (AvgIpc) is 3.11. The lowest BCUT2D eigenvalue weighted by atomic mass is 9.91. The van der Waals surface area contributed by atoms with Crippen molar-refractivity contribution in [3.05, 3.63) is 87.8 Å². The largest absolute Gasteiger partial charge is 0.294 e. The number of thiophene rings is 1. The van der Waals surface area contributed by atoms with E-state index in [1.54, 1.807) is 28.4 Å². The van der Waals surface area contributed by atoms with Crippen molar-refractivity contribution in [2.75, 3.05) is 18.0 Å². The lowest BCUT2D eigenvalue weighted by Crippen LogP contribution is -2.36. The molecule has 150 valence electrons. The smallest absolute Gasteiger partial charge is 0.249 e. The summed E-state index contributed by atoms with van der Waals surface area (Å²) in [7, 11) is 0. The Hall–Kier alpha value is -3.05. The van der Waals surface area contributed by atoms with Crippen LogP contribution in [-0.4, -0.2) is 30.5 Å². The van der Waals surface area contributed by atoms with E-state index in [0.717, 1.165) is 41.1 Å². The van der Waals surface area contributed by atoms with Crippen molar-refractivity contribution in [2.24, 2.45) is 4.99 Å². The molecule has 0 saturated heterocycles. The van der Waals surface area contributed by atoms with Gasteiger partial charge in [-0.3, -0.25) is 19.5 Å². The standard InChI is InChI=1S/C25H22N2O2S/c28-20(17-9-3-1-4-10-17)16-27-22(29)15-26-24(18-11-5-2-6-12-18)23-19-13-7-8-14-21(19)30-25(23)27/h1-6,9-12H,7-8,13-16H2. The predicted octanol–water partition coefficient (Wildman–Crippen LogP) is 4.69. The molecule has 0 radical (unpaired) electrons. The maximum atomic E-state index is 13.1. The van der Waals surface area contributed by atoms with E-state index < -0.39 is 0 Å². The van der Waals surface area contributed by atoms with Gasteiger partial charge in [-0.15, -0.1) is 11.3 Å². The SMILES string of the molecule is O=C(CN1C(=O)CN=C(c2ccccc2)c2c1sc1c2CCCC1)c1ccccc1. The van der Waals surface area contributed by atoms with Crippen molar-refractivity contribution >= 4 is 33.7 Å². The van der Waals surface area contributed by atoms with Crippen LogP contribution in [0.5, 0.6) is 0 Å². The molecular formula is C25H22N2O2S. The summed E-state index contributed by atoms with van der Waals surface area (Å²) in [5.74, 6) is -0.172. The normalized spacial score (nSPS) is 15.8. The Morgan fingerprint density at radius 1 is 0.967 bits per heavy atom. The zero-order valence-corrected chi connectivity index (χ0v) is 17.5. The molecule has 4 nitrogen and oxygen atoms in total. The quantitative estimate of drug-likeness (QED) is 0.582. The lowest BCUT2D eigenvalue weighted by molar-refractivity contribution is -0.117. The van der Waals surface area contributed by atoms with Gasteiger partial charge in [0, 0.05) is 21.6 Å². The Balaban J connectivity index is 1.61. The number of aryl methyl sites for hydroxylation is 1. The van der Waals surface area contributed by atoms with Gasteiger partial charge >= 0.3 is 0 Å². The van der Waals surface area contributed by atoms with Crippen LogP contribution in [0.25, 0.3) is 0 Å². The summed E-state index contributed by atoms with van der Waals surface area (Å²) >= 11 is 1.67. The number of hydrogen-bond acceptors (Lipinski definition) is 4. The van der Waals surface area contributed by atoms with Gasteiger partial charge < -0.3 is 0 Å². The summed E-state index contributed by atoms with van der Waals surface area (Å²) in [6.07, 6.45) is 4.35. The molecule has 1 aromatic heterocycles. The van der Waals surface area contributed by atoms with Crippen LogP contribution in [0, 0.1) is 0 Å². The molecule has 30 heavy (non-hydrogen) atoms. The minimum Gasteiger partial charge on any atom is -0.294 e. The van der Waals surface area contributed by atoms with Gasteiger partial charge in [0.15, 0.2) is 5.78 Å². The first-order chi connectivity index (χ1) is 14.7. The number of carbonyl (C=O) groups is 2. The van der Waals surface area contributed by atoms with E-state index in [4.69, 9.17) is 4.99 Å². The monoisotopic (exact) mass is 414 g/mol. The fourth-order valence-corrected chi connectivity index (χ4v) is 5.67. The minimum absolute atomic E-state index is 0.0484. The third kappa shape index (κ3) is 3.39. The molecule has 2 aliphatic rings. The van der Waals surface area contributed by atoms with E-state index in [0.29, 0.717) is 5.56 Å². The van der Waals surface area contributed by atoms with Gasteiger partial charge in [-0.1, -0.05) is 60.7 Å². The first-order valence-corrected chi connectivity index (χ1v) is 11.2. The molecule has 2 aromatic carbocycles. The van der Waals surface area contributed by atoms with Crippen molar-refractivity contribution in [2.45, 2.75) is 25.7 Å². The van der Waals surface area contributed by atoms with E-state index in [1.807, 2.05) is 48.5 Å². The molecule has 0 fully saturated rings. The number of anilines is 1. The Morgan fingerprint density at radius 3 is 2.43 bits per heavy atom. The number of benzene rings is 2. The molecule has 0 atom stereocenters. The van der Waals surface area contributed by atoms with Gasteiger partial charge in [-0.05, 0) is 31.2 Å². The number of fused-ring (bicyclic) bond motifs is 3. The number of hydrogen-bond donors (Lipinski definition) is 0. The zero-order valence-electron chi connectivity index (χ0n) is 16.6. The summed E-state index contributed by atoms with van der Waals surface area (Å²) in [4.78, 5) is 33.8. The highest BCUT2D eigenvalue weighted by molar-refractivity contribution is 7.17. The first kappa shape index (κ1) is 18.9. The number of carbonyl (C=O) groups excluding carboxylic acids is 2. The predicted molar refractivity (Wildman–Crippen MR) is 121 cm³/mol. The molecular weight excluding hydrogens is 392 g/mol. The highest BCUT2D eigenvalue weighted by Crippen LogP contribution is 2.42. The van der Waals surface area contributed by atoms with Crippen molar-refractivity contribution in [3.63, 3.8) is 0 Å². The molecule has 0 bridgehead atoms. The van der Waals surface area contributed by atoms with Crippen LogP contribution < -0.4 is 4.90 Å². The molecule has 0 N–H and O–H groups in total. The van der Waals surface area contributed by atoms with E-state index in [9.17, 15) is 9.59 Å². The van der Waals surface area contributed by atoms with Gasteiger partial charge in [0.25, 0.3) is 0 Å². The molecule has 1 aliphatic carbocycles. The molecule has 3 aromatic rings. The summed E-state index contributed by atoms with van der Waals surface area (Å²) in [5, 5.41) is 0.885. The van der Waals surface area contributed by atoms with Crippen molar-refractivity contribution in [1.82, 2.24) is 0 Å². The Kier molecular flexibility index (Phi) is 5.05. The van der Waals surface area contributed by atoms with Crippen LogP contribution in [-0.2, 0) is 17.6 Å². The average molecular weight is 415 g/mol. The fourth-order valence-electron chi connectivity index (χ4n) is 4.26. The van der Waals surface area contributed by atoms with E-state index in [-0.39, 0.29) is 24.8 Å². The Labute approximate surface area is 179 Å². The van der Waals surface area contributed by atoms with Gasteiger partial charge in [-0.25, -0.2) is 0 Å². The van der Waals surface area contributed by atoms with E-state index >= 15 is 0 Å². The second-order valence-corrected chi connectivity index (χ2v) is 8.77. The molecule has 5 rings (SSSR count). The van der Waals surface area contributed by atoms with Crippen LogP contribution in [0.2, 0.25) is 0 Å². The molecule has 5 heteroatoms. The number of nitrogens with zero attached hydrogens (tertiary/aromatic N) is 2. The summed E-state index contributed by atoms with van der Waals surface area (Å²) in [6.45, 7) is 0.106. The summed E-state index contributed by atoms with van der Waals surface area (Å²) in [6, 6.07) is 19.3. The van der Waals surface area contributed by atoms with Crippen LogP contribution >= 0.6 is 11.3 Å². The van der Waals surface area contributed by atoms with Gasteiger partial charge in [0.05, 0.1) is 12.3 Å². The molecule has 1 aliphatic heterocycles. The minimum atomic E-state index is -0.120. The Bertz CT molecular complexity index is 1130. The summed E-state index contributed by atoms with van der Waals surface area (Å²) in [5.41, 5.74) is 4.91. The fraction of sp³-hybridized carbons (Fsp3) is 0.240. The van der Waals surface area contributed by atoms with Gasteiger partial charge in [-0.2, -0.15) is 0 Å². The van der Waals surface area contributed by atoms with Crippen LogP contribution in [0.3, 0.4) is 0 Å². The van der Waals surface area contributed by atoms with E-state index in [2.05, 4.69) is 0 Å². The number of rotatable bonds is 4. The van der Waals surface area contributed by atoms with Gasteiger partial charge in [0.1, 0.15) is 11.5 Å². The van der Waals surface area contributed by atoms with Gasteiger partial charge in [0.2, 0.25) is 5.91 Å². The van der Waals surface area contributed by atoms with E-state index in [1.165, 1.54) is 16.9 Å². The highest BCUT2D eigenvalue weighted by atomic mass is 32.1. The third-order valence-electron chi connectivity index (χ3n) is 5.75. The topological polar surface area (TPSA) is 49.7 Å². The third-order valence-corrected chi connectivity index (χ3v) is 7.07. The maximum absolute atomic E-state index is 13.1. The van der Waals surface area contributed by atoms with Crippen LogP contribution in [0.15, 0.2) is 65.7 Å². The van der Waals surface area contributed by atoms with Crippen molar-refractivity contribution in [1.29, 1.82) is 0 Å². The second kappa shape index (κ2) is 8.00. The molecule has 0 saturated carbocycles. The van der Waals surface area contributed by atoms with Crippen molar-refractivity contribution < 1.29 is 9.59 Å². The number of aliphatic imine (C=N–C) groups is 1. The van der Waals surface area contributed by atoms with Crippen LogP contribution in [0.1, 0.15) is 44.8 Å². The zero-order chi connectivity index (χ0) is 20.5. The number of amides is 1. The molecule has 1 amide bonds. The maximum Gasteiger partial charge on any atom is 0.249 e. The number of Topliss-reactive ketones (excluding diaryl/α,β-unsaturated/α-hetero) is 1. The summed E-state index contributed by atoms with van der Waals surface area (Å²) < 4.78 is 0. The Morgan fingerprint density at radius 2 is 1.67 bits per heavy atom. The van der Waals surface area contributed by atoms with Crippen LogP contribution in [0.4, 0.5) is 5.00 Å². The number of ketones is 1. The van der Waals surface area contributed by atoms with Crippen molar-refractivity contribution in [3.8, 4) is 0 Å². The highest BCUT2D eigenvalue weighted by Gasteiger charge is 2.33. The lowest BCUT2D eigenvalue weighted by Gasteiger charge is -2.20. The molecule has 2 heterocycles. The first-order valence-electron chi connectivity index (χ1n) is 10.4. The molecule has 0 unspecified atom stereocenters.